The number of hydrazone groups is 1. The van der Waals surface area contributed by atoms with Gasteiger partial charge in [-0.3, -0.25) is 9.48 Å². The molecule has 0 bridgehead atoms. The van der Waals surface area contributed by atoms with Gasteiger partial charge in [-0.25, -0.2) is 5.43 Å². The third-order valence-corrected chi connectivity index (χ3v) is 4.84. The molecule has 0 saturated carbocycles. The van der Waals surface area contributed by atoms with Crippen molar-refractivity contribution in [1.82, 2.24) is 15.2 Å². The van der Waals surface area contributed by atoms with Crippen molar-refractivity contribution >= 4 is 12.1 Å². The van der Waals surface area contributed by atoms with Crippen molar-refractivity contribution in [2.24, 2.45) is 5.10 Å². The molecule has 0 unspecified atom stereocenters. The zero-order valence-electron chi connectivity index (χ0n) is 18.0. The number of hydrogen-bond acceptors (Lipinski definition) is 4. The summed E-state index contributed by atoms with van der Waals surface area (Å²) in [6.07, 6.45) is 1.59. The third kappa shape index (κ3) is 5.49. The number of hydrogen-bond donors (Lipinski definition) is 1. The molecule has 6 heteroatoms. The third-order valence-electron chi connectivity index (χ3n) is 4.84. The van der Waals surface area contributed by atoms with Gasteiger partial charge in [0.2, 0.25) is 0 Å². The van der Waals surface area contributed by atoms with Gasteiger partial charge in [0.15, 0.2) is 0 Å². The Balaban J connectivity index is 1.38. The van der Waals surface area contributed by atoms with Crippen LogP contribution in [0.15, 0.2) is 90.0 Å². The molecule has 0 aliphatic heterocycles. The second-order valence-electron chi connectivity index (χ2n) is 7.47. The molecule has 1 amide bonds. The number of amides is 1. The fourth-order valence-corrected chi connectivity index (χ4v) is 3.33. The summed E-state index contributed by atoms with van der Waals surface area (Å²) in [5.74, 6) is 1.19. The quantitative estimate of drug-likeness (QED) is 0.331. The van der Waals surface area contributed by atoms with Gasteiger partial charge in [0.05, 0.1) is 18.5 Å². The smallest absolute Gasteiger partial charge is 0.271 e. The van der Waals surface area contributed by atoms with E-state index in [0.29, 0.717) is 17.9 Å². The first-order valence-electron chi connectivity index (χ1n) is 10.3. The number of benzene rings is 3. The molecular formula is C26H24N4O2. The minimum Gasteiger partial charge on any atom is -0.457 e. The highest BCUT2D eigenvalue weighted by Gasteiger charge is 2.07. The van der Waals surface area contributed by atoms with E-state index in [0.717, 1.165) is 28.3 Å². The first-order chi connectivity index (χ1) is 15.6. The van der Waals surface area contributed by atoms with E-state index in [2.05, 4.69) is 15.6 Å². The number of rotatable bonds is 7. The van der Waals surface area contributed by atoms with E-state index in [1.807, 2.05) is 97.4 Å². The molecule has 3 aromatic carbocycles. The van der Waals surface area contributed by atoms with Crippen LogP contribution in [-0.2, 0) is 6.54 Å². The lowest BCUT2D eigenvalue weighted by atomic mass is 10.1. The molecule has 0 aliphatic rings. The summed E-state index contributed by atoms with van der Waals surface area (Å²) in [6.45, 7) is 4.60. The summed E-state index contributed by atoms with van der Waals surface area (Å²) < 4.78 is 7.76. The predicted octanol–water partition coefficient (Wildman–Crippen LogP) is 5.10. The summed E-state index contributed by atoms with van der Waals surface area (Å²) in [5.41, 5.74) is 7.01. The lowest BCUT2D eigenvalue weighted by molar-refractivity contribution is 0.0955. The van der Waals surface area contributed by atoms with Crippen LogP contribution in [0.3, 0.4) is 0 Å². The second kappa shape index (κ2) is 9.75. The summed E-state index contributed by atoms with van der Waals surface area (Å²) in [6, 6.07) is 26.6. The van der Waals surface area contributed by atoms with Crippen molar-refractivity contribution in [3.05, 3.63) is 113 Å². The largest absolute Gasteiger partial charge is 0.457 e. The number of aromatic nitrogens is 2. The van der Waals surface area contributed by atoms with E-state index in [4.69, 9.17) is 4.74 Å². The highest BCUT2D eigenvalue weighted by molar-refractivity contribution is 5.95. The SMILES string of the molecule is Cc1cc(C)n(Cc2cccc(C(=O)N/N=C/c3cccc(Oc4ccccc4)c3)c2)n1. The van der Waals surface area contributed by atoms with Crippen molar-refractivity contribution in [3.8, 4) is 11.5 Å². The molecule has 4 rings (SSSR count). The summed E-state index contributed by atoms with van der Waals surface area (Å²) in [4.78, 5) is 12.5. The fraction of sp³-hybridized carbons (Fsp3) is 0.115. The lowest BCUT2D eigenvalue weighted by Gasteiger charge is -2.07. The number of aryl methyl sites for hydroxylation is 2. The highest BCUT2D eigenvalue weighted by atomic mass is 16.5. The van der Waals surface area contributed by atoms with Crippen molar-refractivity contribution < 1.29 is 9.53 Å². The molecule has 0 fully saturated rings. The number of para-hydroxylation sites is 1. The second-order valence-corrected chi connectivity index (χ2v) is 7.47. The topological polar surface area (TPSA) is 68.5 Å². The Morgan fingerprint density at radius 3 is 2.53 bits per heavy atom. The Morgan fingerprint density at radius 1 is 0.969 bits per heavy atom. The Bertz CT molecular complexity index is 1250. The lowest BCUT2D eigenvalue weighted by Crippen LogP contribution is -2.18. The molecule has 1 N–H and O–H groups in total. The van der Waals surface area contributed by atoms with Crippen molar-refractivity contribution in [1.29, 1.82) is 0 Å². The maximum absolute atomic E-state index is 12.5. The molecule has 0 saturated heterocycles. The molecule has 0 radical (unpaired) electrons. The molecule has 1 aromatic heterocycles. The van der Waals surface area contributed by atoms with Gasteiger partial charge in [0.1, 0.15) is 11.5 Å². The van der Waals surface area contributed by atoms with Crippen LogP contribution in [-0.4, -0.2) is 21.9 Å². The summed E-state index contributed by atoms with van der Waals surface area (Å²) in [5, 5.41) is 8.58. The van der Waals surface area contributed by atoms with E-state index in [1.165, 1.54) is 0 Å². The first kappa shape index (κ1) is 21.1. The molecule has 1 heterocycles. The summed E-state index contributed by atoms with van der Waals surface area (Å²) in [7, 11) is 0. The van der Waals surface area contributed by atoms with Gasteiger partial charge in [-0.1, -0.05) is 42.5 Å². The molecule has 0 atom stereocenters. The Kier molecular flexibility index (Phi) is 6.41. The van der Waals surface area contributed by atoms with Crippen LogP contribution in [0.4, 0.5) is 0 Å². The zero-order valence-corrected chi connectivity index (χ0v) is 18.0. The molecule has 4 aromatic rings. The van der Waals surface area contributed by atoms with Gasteiger partial charge in [0.25, 0.3) is 5.91 Å². The van der Waals surface area contributed by atoms with Crippen LogP contribution < -0.4 is 10.2 Å². The molecule has 32 heavy (non-hydrogen) atoms. The van der Waals surface area contributed by atoms with Crippen molar-refractivity contribution in [3.63, 3.8) is 0 Å². The van der Waals surface area contributed by atoms with Gasteiger partial charge in [-0.05, 0) is 67.4 Å². The van der Waals surface area contributed by atoms with Crippen LogP contribution >= 0.6 is 0 Å². The van der Waals surface area contributed by atoms with Gasteiger partial charge in [-0.15, -0.1) is 0 Å². The average Bonchev–Trinajstić information content (AvgIpc) is 3.11. The Labute approximate surface area is 187 Å². The predicted molar refractivity (Wildman–Crippen MR) is 125 cm³/mol. The normalized spacial score (nSPS) is 10.9. The van der Waals surface area contributed by atoms with Crippen molar-refractivity contribution in [2.45, 2.75) is 20.4 Å². The van der Waals surface area contributed by atoms with Crippen LogP contribution in [0.5, 0.6) is 11.5 Å². The van der Waals surface area contributed by atoms with Crippen LogP contribution in [0.25, 0.3) is 0 Å². The minimum atomic E-state index is -0.270. The van der Waals surface area contributed by atoms with Crippen LogP contribution in [0.1, 0.15) is 32.9 Å². The number of nitrogens with zero attached hydrogens (tertiary/aromatic N) is 3. The number of carbonyl (C=O) groups is 1. The van der Waals surface area contributed by atoms with Crippen molar-refractivity contribution in [2.75, 3.05) is 0 Å². The van der Waals surface area contributed by atoms with Crippen LogP contribution in [0, 0.1) is 13.8 Å². The fourth-order valence-electron chi connectivity index (χ4n) is 3.33. The zero-order chi connectivity index (χ0) is 22.3. The van der Waals surface area contributed by atoms with E-state index < -0.39 is 0 Å². The van der Waals surface area contributed by atoms with E-state index in [-0.39, 0.29) is 5.91 Å². The number of carbonyl (C=O) groups excluding carboxylic acids is 1. The van der Waals surface area contributed by atoms with Crippen LogP contribution in [0.2, 0.25) is 0 Å². The standard InChI is InChI=1S/C26H24N4O2/c1-19-14-20(2)30(29-19)18-22-9-6-10-23(15-22)26(31)28-27-17-21-8-7-13-25(16-21)32-24-11-4-3-5-12-24/h3-17H,18H2,1-2H3,(H,28,31)/b27-17+. The number of ether oxygens (including phenoxy) is 1. The van der Waals surface area contributed by atoms with E-state index in [1.54, 1.807) is 12.3 Å². The molecule has 0 aliphatic carbocycles. The first-order valence-corrected chi connectivity index (χ1v) is 10.3. The monoisotopic (exact) mass is 424 g/mol. The maximum atomic E-state index is 12.5. The summed E-state index contributed by atoms with van der Waals surface area (Å²) >= 11 is 0. The molecule has 0 spiro atoms. The van der Waals surface area contributed by atoms with Gasteiger partial charge >= 0.3 is 0 Å². The minimum absolute atomic E-state index is 0.270. The number of nitrogens with one attached hydrogen (secondary N) is 1. The van der Waals surface area contributed by atoms with Gasteiger partial charge in [0, 0.05) is 11.3 Å². The van der Waals surface area contributed by atoms with E-state index in [9.17, 15) is 4.79 Å². The van der Waals surface area contributed by atoms with E-state index >= 15 is 0 Å². The molecular weight excluding hydrogens is 400 g/mol. The van der Waals surface area contributed by atoms with Gasteiger partial charge in [-0.2, -0.15) is 10.2 Å². The van der Waals surface area contributed by atoms with Gasteiger partial charge < -0.3 is 4.74 Å². The Hall–Kier alpha value is -4.19. The Morgan fingerprint density at radius 2 is 1.75 bits per heavy atom. The molecule has 6 nitrogen and oxygen atoms in total. The maximum Gasteiger partial charge on any atom is 0.271 e. The highest BCUT2D eigenvalue weighted by Crippen LogP contribution is 2.21. The molecule has 160 valence electrons. The average molecular weight is 425 g/mol.